The first-order valence-electron chi connectivity index (χ1n) is 6.04. The summed E-state index contributed by atoms with van der Waals surface area (Å²) in [6, 6.07) is 8.50. The molecule has 1 heteroatoms. The summed E-state index contributed by atoms with van der Waals surface area (Å²) >= 11 is 0. The maximum atomic E-state index is 3.18. The van der Waals surface area contributed by atoms with Crippen LogP contribution in [0.25, 0.3) is 0 Å². The first kappa shape index (κ1) is 12.6. The van der Waals surface area contributed by atoms with Crippen molar-refractivity contribution in [3.8, 4) is 11.8 Å². The van der Waals surface area contributed by atoms with Gasteiger partial charge >= 0.3 is 0 Å². The highest BCUT2D eigenvalue weighted by Crippen LogP contribution is 2.14. The zero-order valence-electron chi connectivity index (χ0n) is 10.7. The fourth-order valence-electron chi connectivity index (χ4n) is 1.57. The number of rotatable bonds is 3. The molecule has 1 aromatic carbocycles. The molecule has 0 amide bonds. The smallest absolute Gasteiger partial charge is 0.0366 e. The fraction of sp³-hybridized carbons (Fsp3) is 0.467. The van der Waals surface area contributed by atoms with E-state index in [0.717, 1.165) is 18.7 Å². The average molecular weight is 215 g/mol. The maximum absolute atomic E-state index is 3.18. The summed E-state index contributed by atoms with van der Waals surface area (Å²) in [5.74, 6) is 6.79. The Hall–Kier alpha value is -1.42. The van der Waals surface area contributed by atoms with Gasteiger partial charge in [0.25, 0.3) is 0 Å². The topological polar surface area (TPSA) is 3.24 Å². The molecule has 0 aliphatic rings. The van der Waals surface area contributed by atoms with Gasteiger partial charge in [0.15, 0.2) is 0 Å². The number of anilines is 1. The summed E-state index contributed by atoms with van der Waals surface area (Å²) in [5.41, 5.74) is 2.38. The number of hydrogen-bond acceptors (Lipinski definition) is 1. The summed E-state index contributed by atoms with van der Waals surface area (Å²) in [6.45, 7) is 10.7. The van der Waals surface area contributed by atoms with Crippen LogP contribution in [0.4, 0.5) is 5.69 Å². The molecule has 0 heterocycles. The van der Waals surface area contributed by atoms with Gasteiger partial charge in [-0.25, -0.2) is 0 Å². The van der Waals surface area contributed by atoms with Crippen LogP contribution < -0.4 is 4.90 Å². The van der Waals surface area contributed by atoms with E-state index in [1.807, 2.05) is 0 Å². The Kier molecular flexibility index (Phi) is 4.92. The number of nitrogens with zero attached hydrogens (tertiary/aromatic N) is 1. The van der Waals surface area contributed by atoms with Crippen LogP contribution in [-0.2, 0) is 0 Å². The van der Waals surface area contributed by atoms with Crippen molar-refractivity contribution in [3.63, 3.8) is 0 Å². The van der Waals surface area contributed by atoms with Crippen molar-refractivity contribution in [1.82, 2.24) is 0 Å². The monoisotopic (exact) mass is 215 g/mol. The molecular weight excluding hydrogens is 194 g/mol. The second-order valence-electron chi connectivity index (χ2n) is 4.14. The van der Waals surface area contributed by atoms with Gasteiger partial charge < -0.3 is 4.90 Å². The molecule has 0 aliphatic carbocycles. The van der Waals surface area contributed by atoms with Crippen molar-refractivity contribution >= 4 is 5.69 Å². The molecule has 0 atom stereocenters. The Labute approximate surface area is 99.5 Å². The van der Waals surface area contributed by atoms with Gasteiger partial charge in [-0.05, 0) is 38.1 Å². The van der Waals surface area contributed by atoms with E-state index in [4.69, 9.17) is 0 Å². The van der Waals surface area contributed by atoms with Crippen LogP contribution in [0.3, 0.4) is 0 Å². The lowest BCUT2D eigenvalue weighted by molar-refractivity contribution is 0.865. The van der Waals surface area contributed by atoms with E-state index in [1.165, 1.54) is 5.69 Å². The minimum atomic E-state index is 0.433. The lowest BCUT2D eigenvalue weighted by Gasteiger charge is -2.20. The van der Waals surface area contributed by atoms with Gasteiger partial charge in [0.2, 0.25) is 0 Å². The molecule has 0 unspecified atom stereocenters. The Balaban J connectivity index is 2.80. The summed E-state index contributed by atoms with van der Waals surface area (Å²) in [5, 5.41) is 0. The van der Waals surface area contributed by atoms with E-state index in [9.17, 15) is 0 Å². The van der Waals surface area contributed by atoms with Crippen molar-refractivity contribution in [2.45, 2.75) is 27.7 Å². The lowest BCUT2D eigenvalue weighted by atomic mass is 10.1. The second kappa shape index (κ2) is 6.23. The third-order valence-corrected chi connectivity index (χ3v) is 2.50. The molecule has 0 N–H and O–H groups in total. The molecule has 0 fully saturated rings. The molecule has 0 radical (unpaired) electrons. The van der Waals surface area contributed by atoms with E-state index in [-0.39, 0.29) is 0 Å². The predicted molar refractivity (Wildman–Crippen MR) is 71.7 cm³/mol. The van der Waals surface area contributed by atoms with Gasteiger partial charge in [0.05, 0.1) is 0 Å². The summed E-state index contributed by atoms with van der Waals surface area (Å²) < 4.78 is 0. The van der Waals surface area contributed by atoms with Crippen molar-refractivity contribution in [2.24, 2.45) is 5.92 Å². The molecular formula is C15H21N. The largest absolute Gasteiger partial charge is 0.372 e. The zero-order valence-corrected chi connectivity index (χ0v) is 10.7. The van der Waals surface area contributed by atoms with Gasteiger partial charge in [-0.15, -0.1) is 0 Å². The molecule has 0 bridgehead atoms. The van der Waals surface area contributed by atoms with Crippen LogP contribution >= 0.6 is 0 Å². The molecule has 16 heavy (non-hydrogen) atoms. The Morgan fingerprint density at radius 3 is 2.06 bits per heavy atom. The van der Waals surface area contributed by atoms with Gasteiger partial charge in [-0.1, -0.05) is 25.7 Å². The second-order valence-corrected chi connectivity index (χ2v) is 4.14. The van der Waals surface area contributed by atoms with Crippen LogP contribution in [0.1, 0.15) is 33.3 Å². The third-order valence-electron chi connectivity index (χ3n) is 2.50. The molecule has 1 nitrogen and oxygen atoms in total. The summed E-state index contributed by atoms with van der Waals surface area (Å²) in [4.78, 5) is 2.33. The minimum Gasteiger partial charge on any atom is -0.372 e. The van der Waals surface area contributed by atoms with E-state index >= 15 is 0 Å². The highest BCUT2D eigenvalue weighted by molar-refractivity contribution is 5.50. The lowest BCUT2D eigenvalue weighted by Crippen LogP contribution is -2.21. The van der Waals surface area contributed by atoms with Crippen LogP contribution in [-0.4, -0.2) is 13.1 Å². The Bertz CT molecular complexity index is 361. The third kappa shape index (κ3) is 3.62. The van der Waals surface area contributed by atoms with Crippen molar-refractivity contribution in [1.29, 1.82) is 0 Å². The van der Waals surface area contributed by atoms with E-state index in [1.54, 1.807) is 0 Å². The first-order valence-corrected chi connectivity index (χ1v) is 6.04. The van der Waals surface area contributed by atoms with E-state index in [0.29, 0.717) is 5.92 Å². The standard InChI is InChI=1S/C15H21N/c1-5-16(6-2)15-11-9-14(10-12-15)8-7-13(3)4/h9-13H,5-6H2,1-4H3. The van der Waals surface area contributed by atoms with E-state index in [2.05, 4.69) is 68.7 Å². The van der Waals surface area contributed by atoms with Crippen LogP contribution in [0.15, 0.2) is 24.3 Å². The van der Waals surface area contributed by atoms with Crippen molar-refractivity contribution < 1.29 is 0 Å². The van der Waals surface area contributed by atoms with Gasteiger partial charge in [0, 0.05) is 30.3 Å². The molecule has 1 rings (SSSR count). The first-order chi connectivity index (χ1) is 7.67. The molecule has 0 spiro atoms. The molecule has 1 aromatic rings. The summed E-state index contributed by atoms with van der Waals surface area (Å²) in [7, 11) is 0. The predicted octanol–water partition coefficient (Wildman–Crippen LogP) is 3.54. The average Bonchev–Trinajstić information content (AvgIpc) is 2.29. The zero-order chi connectivity index (χ0) is 12.0. The quantitative estimate of drug-likeness (QED) is 0.697. The molecule has 0 aliphatic heterocycles. The molecule has 0 saturated carbocycles. The minimum absolute atomic E-state index is 0.433. The Morgan fingerprint density at radius 1 is 1.06 bits per heavy atom. The van der Waals surface area contributed by atoms with Gasteiger partial charge in [-0.2, -0.15) is 0 Å². The Morgan fingerprint density at radius 2 is 1.62 bits per heavy atom. The maximum Gasteiger partial charge on any atom is 0.0366 e. The van der Waals surface area contributed by atoms with E-state index < -0.39 is 0 Å². The highest BCUT2D eigenvalue weighted by Gasteiger charge is 1.99. The summed E-state index contributed by atoms with van der Waals surface area (Å²) in [6.07, 6.45) is 0. The SMILES string of the molecule is CCN(CC)c1ccc(C#CC(C)C)cc1. The van der Waals surface area contributed by atoms with Gasteiger partial charge in [-0.3, -0.25) is 0 Å². The molecule has 0 saturated heterocycles. The van der Waals surface area contributed by atoms with Crippen LogP contribution in [0.5, 0.6) is 0 Å². The highest BCUT2D eigenvalue weighted by atomic mass is 15.1. The van der Waals surface area contributed by atoms with Crippen LogP contribution in [0, 0.1) is 17.8 Å². The molecule has 0 aromatic heterocycles. The normalized spacial score (nSPS) is 9.81. The van der Waals surface area contributed by atoms with Crippen molar-refractivity contribution in [3.05, 3.63) is 29.8 Å². The van der Waals surface area contributed by atoms with Crippen molar-refractivity contribution in [2.75, 3.05) is 18.0 Å². The number of hydrogen-bond donors (Lipinski definition) is 0. The fourth-order valence-corrected chi connectivity index (χ4v) is 1.57. The number of benzene rings is 1. The van der Waals surface area contributed by atoms with Crippen LogP contribution in [0.2, 0.25) is 0 Å². The van der Waals surface area contributed by atoms with Gasteiger partial charge in [0.1, 0.15) is 0 Å². The molecule has 86 valence electrons.